The van der Waals surface area contributed by atoms with Gasteiger partial charge in [0.1, 0.15) is 30.3 Å². The number of hydrogen-bond acceptors (Lipinski definition) is 6. The van der Waals surface area contributed by atoms with E-state index in [9.17, 15) is 9.18 Å². The minimum atomic E-state index is -0.524. The van der Waals surface area contributed by atoms with Crippen LogP contribution in [0.5, 0.6) is 5.75 Å². The molecule has 158 valence electrons. The van der Waals surface area contributed by atoms with Crippen LogP contribution in [-0.2, 0) is 13.2 Å². The van der Waals surface area contributed by atoms with Crippen LogP contribution < -0.4 is 10.1 Å². The maximum Gasteiger partial charge on any atom is 0.280 e. The summed E-state index contributed by atoms with van der Waals surface area (Å²) >= 11 is 0. The number of aryl methyl sites for hydroxylation is 2. The molecule has 4 rings (SSSR count). The molecule has 1 N–H and O–H groups in total. The second kappa shape index (κ2) is 8.78. The van der Waals surface area contributed by atoms with Crippen molar-refractivity contribution in [1.29, 1.82) is 0 Å². The normalized spacial score (nSPS) is 10.8. The molecule has 0 bridgehead atoms. The third kappa shape index (κ3) is 4.61. The Morgan fingerprint density at radius 2 is 1.94 bits per heavy atom. The number of nitrogens with one attached hydrogen (secondary N) is 1. The number of nitrogens with zero attached hydrogens (tertiary/aromatic N) is 4. The monoisotopic (exact) mass is 421 g/mol. The highest BCUT2D eigenvalue weighted by molar-refractivity contribution is 6.02. The van der Waals surface area contributed by atoms with Gasteiger partial charge in [-0.25, -0.2) is 14.1 Å². The minimum absolute atomic E-state index is 0.0766. The second-order valence-electron chi connectivity index (χ2n) is 6.93. The van der Waals surface area contributed by atoms with Gasteiger partial charge in [0.15, 0.2) is 5.69 Å². The summed E-state index contributed by atoms with van der Waals surface area (Å²) in [4.78, 5) is 16.8. The number of benzene rings is 2. The fourth-order valence-electron chi connectivity index (χ4n) is 3.00. The van der Waals surface area contributed by atoms with Crippen molar-refractivity contribution >= 4 is 11.9 Å². The number of carbonyl (C=O) groups is 1. The van der Waals surface area contributed by atoms with Crippen molar-refractivity contribution in [3.8, 4) is 5.75 Å². The van der Waals surface area contributed by atoms with Gasteiger partial charge in [-0.3, -0.25) is 10.1 Å². The zero-order chi connectivity index (χ0) is 21.8. The summed E-state index contributed by atoms with van der Waals surface area (Å²) in [7, 11) is 0. The van der Waals surface area contributed by atoms with E-state index in [0.717, 1.165) is 5.56 Å². The van der Waals surface area contributed by atoms with Crippen molar-refractivity contribution in [1.82, 2.24) is 19.9 Å². The zero-order valence-corrected chi connectivity index (χ0v) is 17.0. The van der Waals surface area contributed by atoms with Gasteiger partial charge in [-0.1, -0.05) is 41.6 Å². The molecule has 2 heterocycles. The van der Waals surface area contributed by atoms with Crippen LogP contribution in [0.1, 0.15) is 32.9 Å². The van der Waals surface area contributed by atoms with E-state index in [-0.39, 0.29) is 30.6 Å². The molecule has 0 unspecified atom stereocenters. The summed E-state index contributed by atoms with van der Waals surface area (Å²) in [6, 6.07) is 14.0. The Hall–Kier alpha value is -4.01. The number of hydrogen-bond donors (Lipinski definition) is 1. The van der Waals surface area contributed by atoms with E-state index < -0.39 is 5.91 Å². The molecule has 0 saturated carbocycles. The summed E-state index contributed by atoms with van der Waals surface area (Å²) in [5.41, 5.74) is 2.07. The first-order valence-electron chi connectivity index (χ1n) is 9.59. The van der Waals surface area contributed by atoms with Gasteiger partial charge in [-0.15, -0.1) is 5.10 Å². The number of aromatic nitrogens is 4. The lowest BCUT2D eigenvalue weighted by Gasteiger charge is -2.08. The van der Waals surface area contributed by atoms with E-state index in [1.165, 1.54) is 17.1 Å². The van der Waals surface area contributed by atoms with Crippen molar-refractivity contribution in [3.05, 3.63) is 88.8 Å². The molecule has 0 radical (unpaired) electrons. The average Bonchev–Trinajstić information content (AvgIpc) is 3.35. The Morgan fingerprint density at radius 1 is 1.16 bits per heavy atom. The Morgan fingerprint density at radius 3 is 2.74 bits per heavy atom. The van der Waals surface area contributed by atoms with Crippen LogP contribution >= 0.6 is 0 Å². The Kier molecular flexibility index (Phi) is 5.74. The molecule has 1 amide bonds. The van der Waals surface area contributed by atoms with Crippen LogP contribution in [0.4, 0.5) is 10.3 Å². The van der Waals surface area contributed by atoms with Gasteiger partial charge in [-0.05, 0) is 31.5 Å². The van der Waals surface area contributed by atoms with Gasteiger partial charge in [0.05, 0.1) is 12.1 Å². The molecule has 8 nitrogen and oxygen atoms in total. The van der Waals surface area contributed by atoms with Gasteiger partial charge >= 0.3 is 0 Å². The third-order valence-corrected chi connectivity index (χ3v) is 4.72. The molecule has 0 saturated heterocycles. The quantitative estimate of drug-likeness (QED) is 0.486. The molecule has 4 aromatic rings. The van der Waals surface area contributed by atoms with Crippen molar-refractivity contribution in [3.63, 3.8) is 0 Å². The first-order chi connectivity index (χ1) is 15.0. The van der Waals surface area contributed by atoms with E-state index in [0.29, 0.717) is 22.6 Å². The molecule has 2 aromatic carbocycles. The number of amides is 1. The summed E-state index contributed by atoms with van der Waals surface area (Å²) in [6.07, 6.45) is 1.41. The second-order valence-corrected chi connectivity index (χ2v) is 6.93. The molecule has 9 heteroatoms. The lowest BCUT2D eigenvalue weighted by Crippen LogP contribution is -2.16. The molecule has 0 aliphatic carbocycles. The van der Waals surface area contributed by atoms with E-state index in [1.807, 2.05) is 31.2 Å². The van der Waals surface area contributed by atoms with E-state index >= 15 is 0 Å². The number of rotatable bonds is 7. The Balaban J connectivity index is 1.44. The minimum Gasteiger partial charge on any atom is -0.488 e. The molecule has 0 spiro atoms. The van der Waals surface area contributed by atoms with Gasteiger partial charge in [0.2, 0.25) is 5.95 Å². The molecule has 31 heavy (non-hydrogen) atoms. The third-order valence-electron chi connectivity index (χ3n) is 4.72. The molecule has 0 atom stereocenters. The number of halogens is 1. The predicted octanol–water partition coefficient (Wildman–Crippen LogP) is 3.90. The van der Waals surface area contributed by atoms with Crippen molar-refractivity contribution in [2.45, 2.75) is 27.0 Å². The fourth-order valence-corrected chi connectivity index (χ4v) is 3.00. The lowest BCUT2D eigenvalue weighted by atomic mass is 10.2. The van der Waals surface area contributed by atoms with Gasteiger partial charge in [0, 0.05) is 5.56 Å². The Labute approximate surface area is 177 Å². The number of para-hydroxylation sites is 1. The van der Waals surface area contributed by atoms with Crippen molar-refractivity contribution in [2.24, 2.45) is 0 Å². The van der Waals surface area contributed by atoms with Crippen LogP contribution in [0, 0.1) is 19.7 Å². The average molecular weight is 421 g/mol. The number of ether oxygens (including phenoxy) is 1. The zero-order valence-electron chi connectivity index (χ0n) is 17.0. The molecule has 2 aromatic heterocycles. The predicted molar refractivity (Wildman–Crippen MR) is 110 cm³/mol. The first-order valence-corrected chi connectivity index (χ1v) is 9.59. The molecule has 0 aliphatic rings. The maximum absolute atomic E-state index is 13.8. The van der Waals surface area contributed by atoms with E-state index in [2.05, 4.69) is 20.6 Å². The number of anilines is 1. The standard InChI is InChI=1S/C22H20FN5O3/c1-14-7-3-6-10-19(14)30-12-17-15(2)31-27-20(17)21(29)25-22-24-13-28(26-22)11-16-8-4-5-9-18(16)23/h3-10,13H,11-12H2,1-2H3,(H,25,26,29). The Bertz CT molecular complexity index is 1220. The summed E-state index contributed by atoms with van der Waals surface area (Å²) < 4.78 is 26.3. The molecule has 0 aliphatic heterocycles. The summed E-state index contributed by atoms with van der Waals surface area (Å²) in [6.45, 7) is 3.96. The van der Waals surface area contributed by atoms with E-state index in [4.69, 9.17) is 9.26 Å². The largest absolute Gasteiger partial charge is 0.488 e. The van der Waals surface area contributed by atoms with Crippen LogP contribution in [0.15, 0.2) is 59.4 Å². The number of carbonyl (C=O) groups excluding carboxylic acids is 1. The van der Waals surface area contributed by atoms with Crippen LogP contribution in [0.3, 0.4) is 0 Å². The first kappa shape index (κ1) is 20.3. The van der Waals surface area contributed by atoms with Crippen LogP contribution in [0.25, 0.3) is 0 Å². The highest BCUT2D eigenvalue weighted by Gasteiger charge is 2.22. The highest BCUT2D eigenvalue weighted by atomic mass is 19.1. The van der Waals surface area contributed by atoms with Crippen molar-refractivity contribution in [2.75, 3.05) is 5.32 Å². The van der Waals surface area contributed by atoms with Gasteiger partial charge in [-0.2, -0.15) is 0 Å². The van der Waals surface area contributed by atoms with E-state index in [1.54, 1.807) is 25.1 Å². The summed E-state index contributed by atoms with van der Waals surface area (Å²) in [5, 5.41) is 10.6. The lowest BCUT2D eigenvalue weighted by molar-refractivity contribution is 0.101. The molecular formula is C22H20FN5O3. The molecule has 0 fully saturated rings. The topological polar surface area (TPSA) is 95.1 Å². The van der Waals surface area contributed by atoms with Crippen LogP contribution in [0.2, 0.25) is 0 Å². The SMILES string of the molecule is Cc1ccccc1OCc1c(C(=O)Nc2ncn(Cc3ccccc3F)n2)noc1C. The maximum atomic E-state index is 13.8. The van der Waals surface area contributed by atoms with Gasteiger partial charge in [0.25, 0.3) is 5.91 Å². The smallest absolute Gasteiger partial charge is 0.280 e. The van der Waals surface area contributed by atoms with Crippen molar-refractivity contribution < 1.29 is 18.4 Å². The van der Waals surface area contributed by atoms with Gasteiger partial charge < -0.3 is 9.26 Å². The fraction of sp³-hybridized carbons (Fsp3) is 0.182. The highest BCUT2D eigenvalue weighted by Crippen LogP contribution is 2.21. The molecular weight excluding hydrogens is 401 g/mol. The van der Waals surface area contributed by atoms with Crippen LogP contribution in [-0.4, -0.2) is 25.8 Å². The summed E-state index contributed by atoms with van der Waals surface area (Å²) in [5.74, 6) is 0.413.